The number of hydrogen-bond donors (Lipinski definition) is 0. The van der Waals surface area contributed by atoms with Crippen LogP contribution in [0.4, 0.5) is 0 Å². The van der Waals surface area contributed by atoms with E-state index < -0.39 is 0 Å². The molecule has 0 saturated heterocycles. The molecule has 0 N–H and O–H groups in total. The quantitative estimate of drug-likeness (QED) is 0.461. The molecular weight excluding hydrogens is 108 g/mol. The van der Waals surface area contributed by atoms with Gasteiger partial charge in [0.1, 0.15) is 0 Å². The van der Waals surface area contributed by atoms with Crippen LogP contribution >= 0.6 is 0 Å². The number of rotatable bonds is 0. The Morgan fingerprint density at radius 2 is 1.33 bits per heavy atom. The van der Waals surface area contributed by atoms with Gasteiger partial charge in [-0.3, -0.25) is 0 Å². The fraction of sp³-hybridized carbons (Fsp3) is 0.556. The summed E-state index contributed by atoms with van der Waals surface area (Å²) in [5.41, 5.74) is 6.55. The molecule has 0 saturated carbocycles. The predicted molar refractivity (Wildman–Crippen MR) is 39.3 cm³/mol. The van der Waals surface area contributed by atoms with Gasteiger partial charge in [0.15, 0.2) is 0 Å². The minimum atomic E-state index is 1.36. The smallest absolute Gasteiger partial charge is 0.0270 e. The van der Waals surface area contributed by atoms with Crippen molar-refractivity contribution in [3.63, 3.8) is 0 Å². The summed E-state index contributed by atoms with van der Waals surface area (Å²) in [4.78, 5) is 0. The first-order valence-corrected chi connectivity index (χ1v) is 3.71. The molecule has 2 aliphatic rings. The molecule has 0 unspecified atom stereocenters. The van der Waals surface area contributed by atoms with Gasteiger partial charge < -0.3 is 0 Å². The molecule has 0 aromatic rings. The van der Waals surface area contributed by atoms with E-state index >= 15 is 0 Å². The number of hydrogen-bond acceptors (Lipinski definition) is 0. The van der Waals surface area contributed by atoms with E-state index in [1.165, 1.54) is 19.3 Å². The maximum Gasteiger partial charge on any atom is -0.0270 e. The molecule has 0 atom stereocenters. The third kappa shape index (κ3) is 0.487. The minimum Gasteiger partial charge on any atom is -0.0451 e. The van der Waals surface area contributed by atoms with Crippen molar-refractivity contribution in [3.05, 3.63) is 22.3 Å². The van der Waals surface area contributed by atoms with Crippen molar-refractivity contribution in [1.82, 2.24) is 0 Å². The SMILES string of the molecule is CC1=C(C)C2=C1CCC2. The maximum absolute atomic E-state index is 2.25. The summed E-state index contributed by atoms with van der Waals surface area (Å²) in [6.45, 7) is 4.50. The Balaban J connectivity index is 2.32. The Morgan fingerprint density at radius 1 is 0.889 bits per heavy atom. The highest BCUT2D eigenvalue weighted by atomic mass is 14.3. The average molecular weight is 120 g/mol. The fourth-order valence-corrected chi connectivity index (χ4v) is 1.96. The lowest BCUT2D eigenvalue weighted by molar-refractivity contribution is 0.909. The van der Waals surface area contributed by atoms with Gasteiger partial charge in [-0.15, -0.1) is 0 Å². The highest BCUT2D eigenvalue weighted by Gasteiger charge is 2.25. The van der Waals surface area contributed by atoms with Crippen molar-refractivity contribution in [2.24, 2.45) is 0 Å². The largest absolute Gasteiger partial charge is 0.0451 e. The summed E-state index contributed by atoms with van der Waals surface area (Å²) in [5, 5.41) is 0. The Kier molecular flexibility index (Phi) is 0.879. The molecule has 0 amide bonds. The van der Waals surface area contributed by atoms with Gasteiger partial charge in [-0.05, 0) is 55.4 Å². The summed E-state index contributed by atoms with van der Waals surface area (Å²) >= 11 is 0. The summed E-state index contributed by atoms with van der Waals surface area (Å²) in [6.07, 6.45) is 4.12. The van der Waals surface area contributed by atoms with Gasteiger partial charge in [-0.2, -0.15) is 0 Å². The zero-order valence-electron chi connectivity index (χ0n) is 6.12. The van der Waals surface area contributed by atoms with E-state index in [4.69, 9.17) is 0 Å². The van der Waals surface area contributed by atoms with E-state index in [0.717, 1.165) is 0 Å². The van der Waals surface area contributed by atoms with Gasteiger partial charge in [0.25, 0.3) is 0 Å². The molecule has 0 fully saturated rings. The second kappa shape index (κ2) is 1.50. The van der Waals surface area contributed by atoms with Crippen molar-refractivity contribution >= 4 is 0 Å². The lowest BCUT2D eigenvalue weighted by Gasteiger charge is -2.21. The lowest BCUT2D eigenvalue weighted by atomic mass is 9.84. The van der Waals surface area contributed by atoms with Crippen LogP contribution in [0.1, 0.15) is 33.1 Å². The molecular formula is C9H12. The molecule has 0 nitrogen and oxygen atoms in total. The lowest BCUT2D eigenvalue weighted by Crippen LogP contribution is -2.01. The Labute approximate surface area is 56.3 Å². The standard InChI is InChI=1S/C9H12/c1-6-7(2)9-5-3-4-8(6)9/h3-5H2,1-2H3. The van der Waals surface area contributed by atoms with Crippen molar-refractivity contribution in [2.45, 2.75) is 33.1 Å². The molecule has 0 radical (unpaired) electrons. The molecule has 9 heavy (non-hydrogen) atoms. The normalized spacial score (nSPS) is 24.7. The van der Waals surface area contributed by atoms with E-state index in [2.05, 4.69) is 13.8 Å². The van der Waals surface area contributed by atoms with Crippen molar-refractivity contribution < 1.29 is 0 Å². The van der Waals surface area contributed by atoms with Crippen LogP contribution in [-0.2, 0) is 0 Å². The molecule has 0 heterocycles. The Morgan fingerprint density at radius 3 is 1.78 bits per heavy atom. The summed E-state index contributed by atoms with van der Waals surface area (Å²) in [7, 11) is 0. The van der Waals surface area contributed by atoms with Crippen LogP contribution in [0.5, 0.6) is 0 Å². The first-order chi connectivity index (χ1) is 4.30. The molecule has 48 valence electrons. The number of allylic oxidation sites excluding steroid dienone is 4. The van der Waals surface area contributed by atoms with Gasteiger partial charge in [-0.1, -0.05) is 0 Å². The van der Waals surface area contributed by atoms with E-state index in [9.17, 15) is 0 Å². The first-order valence-electron chi connectivity index (χ1n) is 3.71. The van der Waals surface area contributed by atoms with E-state index in [-0.39, 0.29) is 0 Å². The molecule has 2 rings (SSSR count). The van der Waals surface area contributed by atoms with Crippen LogP contribution in [-0.4, -0.2) is 0 Å². The molecule has 0 heteroatoms. The second-order valence-electron chi connectivity index (χ2n) is 3.06. The van der Waals surface area contributed by atoms with Crippen molar-refractivity contribution in [2.75, 3.05) is 0 Å². The Hall–Kier alpha value is -0.520. The van der Waals surface area contributed by atoms with Crippen LogP contribution < -0.4 is 0 Å². The first kappa shape index (κ1) is 5.28. The van der Waals surface area contributed by atoms with Crippen LogP contribution in [0.15, 0.2) is 22.3 Å². The molecule has 0 aromatic heterocycles. The van der Waals surface area contributed by atoms with Crippen LogP contribution in [0.3, 0.4) is 0 Å². The van der Waals surface area contributed by atoms with Gasteiger partial charge >= 0.3 is 0 Å². The third-order valence-electron chi connectivity index (χ3n) is 2.69. The summed E-state index contributed by atoms with van der Waals surface area (Å²) < 4.78 is 0. The third-order valence-corrected chi connectivity index (χ3v) is 2.69. The van der Waals surface area contributed by atoms with Crippen molar-refractivity contribution in [3.8, 4) is 0 Å². The monoisotopic (exact) mass is 120 g/mol. The van der Waals surface area contributed by atoms with Crippen LogP contribution in [0, 0.1) is 0 Å². The summed E-state index contributed by atoms with van der Waals surface area (Å²) in [6, 6.07) is 0. The van der Waals surface area contributed by atoms with E-state index in [0.29, 0.717) is 0 Å². The second-order valence-corrected chi connectivity index (χ2v) is 3.06. The molecule has 2 aliphatic carbocycles. The average Bonchev–Trinajstić information content (AvgIpc) is 2.30. The van der Waals surface area contributed by atoms with Gasteiger partial charge in [0.2, 0.25) is 0 Å². The topological polar surface area (TPSA) is 0 Å². The highest BCUT2D eigenvalue weighted by Crippen LogP contribution is 2.44. The molecule has 0 spiro atoms. The highest BCUT2D eigenvalue weighted by molar-refractivity contribution is 5.59. The fourth-order valence-electron chi connectivity index (χ4n) is 1.96. The van der Waals surface area contributed by atoms with Crippen LogP contribution in [0.2, 0.25) is 0 Å². The van der Waals surface area contributed by atoms with Gasteiger partial charge in [-0.25, -0.2) is 0 Å². The van der Waals surface area contributed by atoms with Gasteiger partial charge in [0.05, 0.1) is 0 Å². The minimum absolute atomic E-state index is 1.36. The predicted octanol–water partition coefficient (Wildman–Crippen LogP) is 2.82. The van der Waals surface area contributed by atoms with E-state index in [1.807, 2.05) is 0 Å². The zero-order valence-corrected chi connectivity index (χ0v) is 6.12. The van der Waals surface area contributed by atoms with Crippen molar-refractivity contribution in [1.29, 1.82) is 0 Å². The van der Waals surface area contributed by atoms with E-state index in [1.54, 1.807) is 22.3 Å². The maximum atomic E-state index is 2.25. The van der Waals surface area contributed by atoms with Crippen LogP contribution in [0.25, 0.3) is 0 Å². The summed E-state index contributed by atoms with van der Waals surface area (Å²) in [5.74, 6) is 0. The molecule has 0 aromatic carbocycles. The molecule has 0 bridgehead atoms. The molecule has 0 aliphatic heterocycles. The zero-order chi connectivity index (χ0) is 6.43. The Bertz CT molecular complexity index is 194. The van der Waals surface area contributed by atoms with Gasteiger partial charge in [0, 0.05) is 0 Å².